The third-order valence-electron chi connectivity index (χ3n) is 4.32. The molecule has 8 heteroatoms. The highest BCUT2D eigenvalue weighted by Gasteiger charge is 2.32. The van der Waals surface area contributed by atoms with E-state index in [-0.39, 0.29) is 0 Å². The topological polar surface area (TPSA) is 95.3 Å². The van der Waals surface area contributed by atoms with Crippen molar-refractivity contribution in [1.29, 1.82) is 0 Å². The summed E-state index contributed by atoms with van der Waals surface area (Å²) in [6.45, 7) is 7.28. The minimum atomic E-state index is -1.02. The van der Waals surface area contributed by atoms with Crippen molar-refractivity contribution in [1.82, 2.24) is 20.3 Å². The molecule has 0 saturated heterocycles. The summed E-state index contributed by atoms with van der Waals surface area (Å²) in [7, 11) is 0. The molecule has 0 aliphatic carbocycles. The van der Waals surface area contributed by atoms with Crippen LogP contribution in [0.5, 0.6) is 0 Å². The lowest BCUT2D eigenvalue weighted by atomic mass is 10.1. The Morgan fingerprint density at radius 3 is 2.43 bits per heavy atom. The van der Waals surface area contributed by atoms with E-state index in [0.717, 1.165) is 5.56 Å². The second-order valence-electron chi connectivity index (χ2n) is 7.95. The van der Waals surface area contributed by atoms with Gasteiger partial charge in [-0.25, -0.2) is 4.79 Å². The third kappa shape index (κ3) is 5.42. The predicted octanol–water partition coefficient (Wildman–Crippen LogP) is 3.57. The molecule has 2 unspecified atom stereocenters. The molecule has 8 nitrogen and oxygen atoms in total. The first-order chi connectivity index (χ1) is 14.2. The predicted molar refractivity (Wildman–Crippen MR) is 112 cm³/mol. The molecule has 1 heterocycles. The third-order valence-corrected chi connectivity index (χ3v) is 4.32. The zero-order valence-electron chi connectivity index (χ0n) is 17.5. The first-order valence-corrected chi connectivity index (χ1v) is 9.74. The van der Waals surface area contributed by atoms with Crippen LogP contribution in [0, 0.1) is 0 Å². The number of carbonyl (C=O) groups excluding carboxylic acids is 2. The molecule has 1 N–H and O–H groups in total. The average Bonchev–Trinajstić information content (AvgIpc) is 3.13. The van der Waals surface area contributed by atoms with Crippen molar-refractivity contribution in [2.24, 2.45) is 0 Å². The van der Waals surface area contributed by atoms with Gasteiger partial charge in [-0.3, -0.25) is 4.79 Å². The van der Waals surface area contributed by atoms with Crippen molar-refractivity contribution in [3.05, 3.63) is 60.2 Å². The second kappa shape index (κ2) is 9.04. The van der Waals surface area contributed by atoms with Crippen LogP contribution < -0.4 is 5.32 Å². The number of hydrogen-bond donors (Lipinski definition) is 1. The second-order valence-corrected chi connectivity index (χ2v) is 7.95. The Balaban J connectivity index is 1.82. The summed E-state index contributed by atoms with van der Waals surface area (Å²) >= 11 is 0. The number of amides is 1. The smallest absolute Gasteiger partial charge is 0.408 e. The Morgan fingerprint density at radius 1 is 1.07 bits per heavy atom. The standard InChI is InChI=1S/C22H26N4O4/c1-15(29-14-16-10-6-5-7-11-16)19(23-21(28)30-22(2,3)4)20(27)26-18-13-9-8-12-17(18)24-25-26/h5-13,15,19H,14H2,1-4H3,(H,23,28). The zero-order chi connectivity index (χ0) is 21.7. The van der Waals surface area contributed by atoms with Gasteiger partial charge < -0.3 is 14.8 Å². The molecule has 0 aliphatic heterocycles. The van der Waals surface area contributed by atoms with Gasteiger partial charge >= 0.3 is 6.09 Å². The maximum absolute atomic E-state index is 13.3. The molecule has 2 aromatic carbocycles. The fourth-order valence-electron chi connectivity index (χ4n) is 2.88. The Labute approximate surface area is 175 Å². The van der Waals surface area contributed by atoms with Crippen LogP contribution in [0.25, 0.3) is 11.0 Å². The number of para-hydroxylation sites is 1. The van der Waals surface area contributed by atoms with Crippen LogP contribution in [0.3, 0.4) is 0 Å². The average molecular weight is 410 g/mol. The van der Waals surface area contributed by atoms with Gasteiger partial charge in [-0.2, -0.15) is 4.68 Å². The van der Waals surface area contributed by atoms with Crippen molar-refractivity contribution in [3.8, 4) is 0 Å². The molecule has 0 spiro atoms. The van der Waals surface area contributed by atoms with Crippen molar-refractivity contribution >= 4 is 23.0 Å². The number of carbonyl (C=O) groups is 2. The fourth-order valence-corrected chi connectivity index (χ4v) is 2.88. The summed E-state index contributed by atoms with van der Waals surface area (Å²) in [5.41, 5.74) is 1.39. The molecular weight excluding hydrogens is 384 g/mol. The van der Waals surface area contributed by atoms with Crippen LogP contribution in [-0.2, 0) is 16.1 Å². The number of rotatable bonds is 6. The number of fused-ring (bicyclic) bond motifs is 1. The summed E-state index contributed by atoms with van der Waals surface area (Å²) in [6.07, 6.45) is -1.35. The Kier molecular flexibility index (Phi) is 6.47. The maximum atomic E-state index is 13.3. The largest absolute Gasteiger partial charge is 0.444 e. The summed E-state index contributed by atoms with van der Waals surface area (Å²) in [6, 6.07) is 15.7. The molecule has 3 aromatic rings. The van der Waals surface area contributed by atoms with Crippen molar-refractivity contribution < 1.29 is 19.1 Å². The van der Waals surface area contributed by atoms with Gasteiger partial charge in [0.2, 0.25) is 0 Å². The lowest BCUT2D eigenvalue weighted by molar-refractivity contribution is 0.0126. The number of benzene rings is 2. The Morgan fingerprint density at radius 2 is 1.73 bits per heavy atom. The van der Waals surface area contributed by atoms with Crippen LogP contribution in [0.2, 0.25) is 0 Å². The van der Waals surface area contributed by atoms with Crippen molar-refractivity contribution in [3.63, 3.8) is 0 Å². The molecule has 158 valence electrons. The number of aromatic nitrogens is 3. The summed E-state index contributed by atoms with van der Waals surface area (Å²) < 4.78 is 12.4. The molecule has 1 amide bonds. The van der Waals surface area contributed by atoms with E-state index in [9.17, 15) is 9.59 Å². The zero-order valence-corrected chi connectivity index (χ0v) is 17.5. The van der Waals surface area contributed by atoms with Crippen molar-refractivity contribution in [2.75, 3.05) is 0 Å². The molecule has 2 atom stereocenters. The number of alkyl carbamates (subject to hydrolysis) is 1. The first-order valence-electron chi connectivity index (χ1n) is 9.74. The first kappa shape index (κ1) is 21.4. The SMILES string of the molecule is CC(OCc1ccccc1)C(NC(=O)OC(C)(C)C)C(=O)n1nnc2ccccc21. The molecule has 30 heavy (non-hydrogen) atoms. The Bertz CT molecular complexity index is 1010. The molecule has 0 aliphatic rings. The lowest BCUT2D eigenvalue weighted by Gasteiger charge is -2.26. The summed E-state index contributed by atoms with van der Waals surface area (Å²) in [5.74, 6) is -0.463. The van der Waals surface area contributed by atoms with Gasteiger partial charge in [0.25, 0.3) is 5.91 Å². The van der Waals surface area contributed by atoms with E-state index in [1.54, 1.807) is 45.9 Å². The van der Waals surface area contributed by atoms with E-state index in [1.165, 1.54) is 4.68 Å². The molecule has 0 bridgehead atoms. The molecule has 0 fully saturated rings. The Hall–Kier alpha value is -3.26. The van der Waals surface area contributed by atoms with Gasteiger partial charge in [0, 0.05) is 0 Å². The molecule has 1 aromatic heterocycles. The molecule has 0 radical (unpaired) electrons. The summed E-state index contributed by atoms with van der Waals surface area (Å²) in [5, 5.41) is 10.6. The van der Waals surface area contributed by atoms with E-state index < -0.39 is 29.7 Å². The minimum absolute atomic E-state index is 0.292. The van der Waals surface area contributed by atoms with Crippen LogP contribution in [0.4, 0.5) is 4.79 Å². The minimum Gasteiger partial charge on any atom is -0.444 e. The van der Waals surface area contributed by atoms with Crippen LogP contribution >= 0.6 is 0 Å². The van der Waals surface area contributed by atoms with E-state index >= 15 is 0 Å². The van der Waals surface area contributed by atoms with E-state index in [2.05, 4.69) is 15.6 Å². The highest BCUT2D eigenvalue weighted by Crippen LogP contribution is 2.14. The van der Waals surface area contributed by atoms with Gasteiger partial charge in [-0.1, -0.05) is 47.7 Å². The maximum Gasteiger partial charge on any atom is 0.408 e. The quantitative estimate of drug-likeness (QED) is 0.667. The van der Waals surface area contributed by atoms with Gasteiger partial charge in [0.05, 0.1) is 18.2 Å². The number of ether oxygens (including phenoxy) is 2. The number of nitrogens with one attached hydrogen (secondary N) is 1. The van der Waals surface area contributed by atoms with Gasteiger partial charge in [-0.05, 0) is 45.4 Å². The lowest BCUT2D eigenvalue weighted by Crippen LogP contribution is -2.51. The number of nitrogens with zero attached hydrogens (tertiary/aromatic N) is 3. The van der Waals surface area contributed by atoms with Crippen LogP contribution in [0.15, 0.2) is 54.6 Å². The van der Waals surface area contributed by atoms with Gasteiger partial charge in [-0.15, -0.1) is 5.10 Å². The fraction of sp³-hybridized carbons (Fsp3) is 0.364. The summed E-state index contributed by atoms with van der Waals surface area (Å²) in [4.78, 5) is 25.7. The van der Waals surface area contributed by atoms with Crippen molar-refractivity contribution in [2.45, 2.75) is 52.0 Å². The molecule has 0 saturated carbocycles. The van der Waals surface area contributed by atoms with E-state index in [4.69, 9.17) is 9.47 Å². The van der Waals surface area contributed by atoms with Gasteiger partial charge in [0.15, 0.2) is 0 Å². The number of hydrogen-bond acceptors (Lipinski definition) is 6. The van der Waals surface area contributed by atoms with Gasteiger partial charge in [0.1, 0.15) is 17.2 Å². The van der Waals surface area contributed by atoms with Crippen LogP contribution in [0.1, 0.15) is 38.1 Å². The monoisotopic (exact) mass is 410 g/mol. The normalized spacial score (nSPS) is 13.6. The molecular formula is C22H26N4O4. The highest BCUT2D eigenvalue weighted by atomic mass is 16.6. The highest BCUT2D eigenvalue weighted by molar-refractivity contribution is 5.93. The van der Waals surface area contributed by atoms with E-state index in [1.807, 2.05) is 36.4 Å². The van der Waals surface area contributed by atoms with E-state index in [0.29, 0.717) is 17.6 Å². The van der Waals surface area contributed by atoms with Crippen LogP contribution in [-0.4, -0.2) is 44.7 Å². The molecule has 3 rings (SSSR count).